The number of amides is 1. The van der Waals surface area contributed by atoms with E-state index >= 15 is 0 Å². The van der Waals surface area contributed by atoms with Crippen molar-refractivity contribution in [2.24, 2.45) is 0 Å². The Morgan fingerprint density at radius 3 is 2.53 bits per heavy atom. The van der Waals surface area contributed by atoms with Gasteiger partial charge in [-0.1, -0.05) is 6.92 Å². The SMILES string of the molecule is CCCOc1ccc(-c2csc(NC(=O)c3cc(OCC)c(OC)cc3[N+](=O)[O-])n2)cc1. The van der Waals surface area contributed by atoms with Crippen molar-refractivity contribution in [3.05, 3.63) is 57.5 Å². The van der Waals surface area contributed by atoms with E-state index in [1.807, 2.05) is 31.2 Å². The molecule has 3 aromatic rings. The smallest absolute Gasteiger partial charge is 0.286 e. The van der Waals surface area contributed by atoms with Gasteiger partial charge < -0.3 is 14.2 Å². The van der Waals surface area contributed by atoms with Crippen molar-refractivity contribution in [1.29, 1.82) is 0 Å². The third kappa shape index (κ3) is 5.33. The van der Waals surface area contributed by atoms with Gasteiger partial charge >= 0.3 is 0 Å². The van der Waals surface area contributed by atoms with E-state index in [0.717, 1.165) is 17.7 Å². The van der Waals surface area contributed by atoms with Crippen LogP contribution in [0.3, 0.4) is 0 Å². The molecule has 0 aliphatic heterocycles. The van der Waals surface area contributed by atoms with E-state index < -0.39 is 10.8 Å². The number of thiazole rings is 1. The van der Waals surface area contributed by atoms with Crippen LogP contribution >= 0.6 is 11.3 Å². The number of nitrogens with one attached hydrogen (secondary N) is 1. The quantitative estimate of drug-likeness (QED) is 0.330. The number of hydrogen-bond acceptors (Lipinski definition) is 8. The number of benzene rings is 2. The number of nitrogens with zero attached hydrogens (tertiary/aromatic N) is 2. The van der Waals surface area contributed by atoms with Crippen LogP contribution in [0.4, 0.5) is 10.8 Å². The minimum Gasteiger partial charge on any atom is -0.494 e. The third-order valence-corrected chi connectivity index (χ3v) is 5.13. The standard InChI is InChI=1S/C22H23N3O6S/c1-4-10-31-15-8-6-14(7-9-15)17-13-32-22(23-17)24-21(26)16-11-20(30-5-2)19(29-3)12-18(16)25(27)28/h6-9,11-13H,4-5,10H2,1-3H3,(H,23,24,26). The number of carbonyl (C=O) groups is 1. The van der Waals surface area contributed by atoms with Crippen molar-refractivity contribution in [1.82, 2.24) is 4.98 Å². The normalized spacial score (nSPS) is 10.5. The molecular weight excluding hydrogens is 434 g/mol. The minimum absolute atomic E-state index is 0.145. The number of hydrogen-bond donors (Lipinski definition) is 1. The second-order valence-electron chi connectivity index (χ2n) is 6.58. The zero-order valence-electron chi connectivity index (χ0n) is 17.9. The highest BCUT2D eigenvalue weighted by atomic mass is 32.1. The van der Waals surface area contributed by atoms with Gasteiger partial charge in [0.05, 0.1) is 37.0 Å². The van der Waals surface area contributed by atoms with Crippen molar-refractivity contribution in [2.75, 3.05) is 25.6 Å². The Hall–Kier alpha value is -3.66. The van der Waals surface area contributed by atoms with Gasteiger partial charge in [0, 0.05) is 17.0 Å². The summed E-state index contributed by atoms with van der Waals surface area (Å²) in [5.74, 6) is 0.537. The van der Waals surface area contributed by atoms with Crippen molar-refractivity contribution in [3.8, 4) is 28.5 Å². The van der Waals surface area contributed by atoms with Crippen LogP contribution in [0, 0.1) is 10.1 Å². The maximum Gasteiger partial charge on any atom is 0.286 e. The molecule has 1 amide bonds. The lowest BCUT2D eigenvalue weighted by Crippen LogP contribution is -2.14. The number of ether oxygens (including phenoxy) is 3. The van der Waals surface area contributed by atoms with E-state index in [1.54, 1.807) is 12.3 Å². The van der Waals surface area contributed by atoms with Crippen molar-refractivity contribution < 1.29 is 23.9 Å². The van der Waals surface area contributed by atoms with Crippen LogP contribution in [0.2, 0.25) is 0 Å². The first-order chi connectivity index (χ1) is 15.5. The van der Waals surface area contributed by atoms with Crippen molar-refractivity contribution in [3.63, 3.8) is 0 Å². The summed E-state index contributed by atoms with van der Waals surface area (Å²) in [4.78, 5) is 28.1. The Morgan fingerprint density at radius 2 is 1.91 bits per heavy atom. The number of carbonyl (C=O) groups excluding carboxylic acids is 1. The van der Waals surface area contributed by atoms with Gasteiger partial charge in [0.2, 0.25) is 0 Å². The van der Waals surface area contributed by atoms with Crippen LogP contribution in [-0.2, 0) is 0 Å². The number of nitro groups is 1. The molecule has 0 atom stereocenters. The molecule has 1 N–H and O–H groups in total. The molecule has 168 valence electrons. The van der Waals surface area contributed by atoms with Gasteiger partial charge in [-0.15, -0.1) is 11.3 Å². The van der Waals surface area contributed by atoms with Gasteiger partial charge in [-0.25, -0.2) is 4.98 Å². The summed E-state index contributed by atoms with van der Waals surface area (Å²) in [6.45, 7) is 4.76. The molecule has 0 aliphatic carbocycles. The topological polar surface area (TPSA) is 113 Å². The molecule has 0 radical (unpaired) electrons. The Balaban J connectivity index is 1.81. The molecular formula is C22H23N3O6S. The lowest BCUT2D eigenvalue weighted by atomic mass is 10.1. The molecule has 0 unspecified atom stereocenters. The fraction of sp³-hybridized carbons (Fsp3) is 0.273. The zero-order chi connectivity index (χ0) is 23.1. The van der Waals surface area contributed by atoms with Gasteiger partial charge in [-0.2, -0.15) is 0 Å². The number of anilines is 1. The molecule has 0 fully saturated rings. The molecule has 10 heteroatoms. The van der Waals surface area contributed by atoms with E-state index in [-0.39, 0.29) is 22.7 Å². The van der Waals surface area contributed by atoms with Gasteiger partial charge in [0.25, 0.3) is 11.6 Å². The highest BCUT2D eigenvalue weighted by Crippen LogP contribution is 2.35. The summed E-state index contributed by atoms with van der Waals surface area (Å²) in [5, 5.41) is 16.3. The molecule has 32 heavy (non-hydrogen) atoms. The summed E-state index contributed by atoms with van der Waals surface area (Å²) in [6.07, 6.45) is 0.926. The van der Waals surface area contributed by atoms with E-state index in [9.17, 15) is 14.9 Å². The van der Waals surface area contributed by atoms with Crippen molar-refractivity contribution in [2.45, 2.75) is 20.3 Å². The number of nitro benzene ring substituents is 1. The molecule has 1 aromatic heterocycles. The zero-order valence-corrected chi connectivity index (χ0v) is 18.7. The molecule has 3 rings (SSSR count). The van der Waals surface area contributed by atoms with Gasteiger partial charge in [0.1, 0.15) is 11.3 Å². The molecule has 0 saturated heterocycles. The Kier molecular flexibility index (Phi) is 7.61. The lowest BCUT2D eigenvalue weighted by Gasteiger charge is -2.11. The van der Waals surface area contributed by atoms with E-state index in [1.165, 1.54) is 30.6 Å². The fourth-order valence-electron chi connectivity index (χ4n) is 2.88. The van der Waals surface area contributed by atoms with Crippen LogP contribution in [0.25, 0.3) is 11.3 Å². The first kappa shape index (κ1) is 23.0. The van der Waals surface area contributed by atoms with Crippen LogP contribution in [0.5, 0.6) is 17.2 Å². The summed E-state index contributed by atoms with van der Waals surface area (Å²) in [6, 6.07) is 9.97. The van der Waals surface area contributed by atoms with Crippen LogP contribution in [0.15, 0.2) is 41.8 Å². The predicted molar refractivity (Wildman–Crippen MR) is 122 cm³/mol. The van der Waals surface area contributed by atoms with Crippen molar-refractivity contribution >= 4 is 28.1 Å². The monoisotopic (exact) mass is 457 g/mol. The first-order valence-electron chi connectivity index (χ1n) is 9.96. The second kappa shape index (κ2) is 10.6. The van der Waals surface area contributed by atoms with E-state index in [2.05, 4.69) is 10.3 Å². The molecule has 1 heterocycles. The maximum absolute atomic E-state index is 12.8. The summed E-state index contributed by atoms with van der Waals surface area (Å²) < 4.78 is 16.2. The minimum atomic E-state index is -0.662. The number of methoxy groups -OCH3 is 1. The predicted octanol–water partition coefficient (Wildman–Crippen LogP) is 5.17. The van der Waals surface area contributed by atoms with Gasteiger partial charge in [-0.3, -0.25) is 20.2 Å². The van der Waals surface area contributed by atoms with Crippen LogP contribution in [-0.4, -0.2) is 36.1 Å². The fourth-order valence-corrected chi connectivity index (χ4v) is 3.59. The maximum atomic E-state index is 12.8. The molecule has 0 aliphatic rings. The third-order valence-electron chi connectivity index (χ3n) is 4.37. The second-order valence-corrected chi connectivity index (χ2v) is 7.43. The number of aromatic nitrogens is 1. The molecule has 9 nitrogen and oxygen atoms in total. The summed E-state index contributed by atoms with van der Waals surface area (Å²) in [7, 11) is 1.38. The first-order valence-corrected chi connectivity index (χ1v) is 10.8. The Labute approximate surface area is 189 Å². The summed E-state index contributed by atoms with van der Waals surface area (Å²) >= 11 is 1.22. The molecule has 0 bridgehead atoms. The molecule has 0 spiro atoms. The lowest BCUT2D eigenvalue weighted by molar-refractivity contribution is -0.385. The van der Waals surface area contributed by atoms with Crippen LogP contribution in [0.1, 0.15) is 30.6 Å². The molecule has 0 saturated carbocycles. The highest BCUT2D eigenvalue weighted by molar-refractivity contribution is 7.14. The Morgan fingerprint density at radius 1 is 1.16 bits per heavy atom. The van der Waals surface area contributed by atoms with E-state index in [0.29, 0.717) is 24.0 Å². The summed E-state index contributed by atoms with van der Waals surface area (Å²) in [5.41, 5.74) is 1.00. The average Bonchev–Trinajstić information content (AvgIpc) is 3.26. The highest BCUT2D eigenvalue weighted by Gasteiger charge is 2.25. The van der Waals surface area contributed by atoms with E-state index in [4.69, 9.17) is 14.2 Å². The molecule has 2 aromatic carbocycles. The van der Waals surface area contributed by atoms with Gasteiger partial charge in [0.15, 0.2) is 16.6 Å². The van der Waals surface area contributed by atoms with Crippen LogP contribution < -0.4 is 19.5 Å². The average molecular weight is 458 g/mol. The van der Waals surface area contributed by atoms with Gasteiger partial charge in [-0.05, 0) is 37.6 Å². The largest absolute Gasteiger partial charge is 0.494 e. The Bertz CT molecular complexity index is 1100. The number of rotatable bonds is 10.